The van der Waals surface area contributed by atoms with Crippen LogP contribution in [-0.4, -0.2) is 36.8 Å². The molecule has 8 heteroatoms. The smallest absolute Gasteiger partial charge is 0.321 e. The Bertz CT molecular complexity index is 563. The standard InChI is InChI=1S/C15H17FN2O4S/c1-2-8-17-15(21)18-13(19)10-22-14(20)7-9-23-12-5-3-11(16)4-6-12/h2-6H,1,7-10H2,(H2,17,18,19,21). The monoisotopic (exact) mass is 340 g/mol. The Morgan fingerprint density at radius 3 is 2.61 bits per heavy atom. The number of halogens is 1. The molecule has 0 aliphatic heterocycles. The SMILES string of the molecule is C=CCNC(=O)NC(=O)COC(=O)CCSc1ccc(F)cc1. The number of imide groups is 1. The van der Waals surface area contributed by atoms with Crippen molar-refractivity contribution in [1.82, 2.24) is 10.6 Å². The van der Waals surface area contributed by atoms with E-state index in [4.69, 9.17) is 4.74 Å². The second-order valence-electron chi connectivity index (χ2n) is 4.26. The Morgan fingerprint density at radius 2 is 1.96 bits per heavy atom. The van der Waals surface area contributed by atoms with Crippen molar-refractivity contribution in [2.45, 2.75) is 11.3 Å². The molecule has 0 aliphatic rings. The quantitative estimate of drug-likeness (QED) is 0.429. The summed E-state index contributed by atoms with van der Waals surface area (Å²) in [6, 6.07) is 5.21. The number of thioether (sulfide) groups is 1. The minimum Gasteiger partial charge on any atom is -0.456 e. The van der Waals surface area contributed by atoms with Crippen molar-refractivity contribution in [3.8, 4) is 0 Å². The zero-order chi connectivity index (χ0) is 17.1. The summed E-state index contributed by atoms with van der Waals surface area (Å²) in [5.41, 5.74) is 0. The van der Waals surface area contributed by atoms with Gasteiger partial charge >= 0.3 is 12.0 Å². The number of esters is 1. The van der Waals surface area contributed by atoms with Gasteiger partial charge in [0.15, 0.2) is 6.61 Å². The van der Waals surface area contributed by atoms with Gasteiger partial charge in [-0.05, 0) is 24.3 Å². The van der Waals surface area contributed by atoms with Crippen molar-refractivity contribution in [2.75, 3.05) is 18.9 Å². The van der Waals surface area contributed by atoms with E-state index in [9.17, 15) is 18.8 Å². The summed E-state index contributed by atoms with van der Waals surface area (Å²) in [6.07, 6.45) is 1.56. The van der Waals surface area contributed by atoms with Gasteiger partial charge in [-0.1, -0.05) is 6.08 Å². The number of amides is 3. The van der Waals surface area contributed by atoms with Crippen LogP contribution >= 0.6 is 11.8 Å². The van der Waals surface area contributed by atoms with E-state index < -0.39 is 24.5 Å². The van der Waals surface area contributed by atoms with Crippen molar-refractivity contribution >= 4 is 29.7 Å². The number of carbonyl (C=O) groups is 3. The minimum atomic E-state index is -0.717. The average molecular weight is 340 g/mol. The third kappa shape index (κ3) is 8.62. The lowest BCUT2D eigenvalue weighted by atomic mass is 10.4. The molecular weight excluding hydrogens is 323 g/mol. The zero-order valence-corrected chi connectivity index (χ0v) is 13.2. The normalized spacial score (nSPS) is 9.78. The molecule has 3 amide bonds. The van der Waals surface area contributed by atoms with Crippen LogP contribution in [0.5, 0.6) is 0 Å². The van der Waals surface area contributed by atoms with Gasteiger partial charge in [-0.25, -0.2) is 9.18 Å². The molecule has 0 aromatic heterocycles. The maximum atomic E-state index is 12.7. The van der Waals surface area contributed by atoms with Gasteiger partial charge < -0.3 is 10.1 Å². The van der Waals surface area contributed by atoms with Crippen LogP contribution in [-0.2, 0) is 14.3 Å². The summed E-state index contributed by atoms with van der Waals surface area (Å²) in [7, 11) is 0. The Kier molecular flexibility index (Phi) is 8.45. The van der Waals surface area contributed by atoms with Crippen molar-refractivity contribution in [2.24, 2.45) is 0 Å². The maximum absolute atomic E-state index is 12.7. The number of nitrogens with one attached hydrogen (secondary N) is 2. The molecule has 1 aromatic carbocycles. The summed E-state index contributed by atoms with van der Waals surface area (Å²) >= 11 is 1.37. The molecule has 124 valence electrons. The molecule has 1 rings (SSSR count). The summed E-state index contributed by atoms with van der Waals surface area (Å²) in [4.78, 5) is 34.8. The third-order valence-corrected chi connectivity index (χ3v) is 3.43. The van der Waals surface area contributed by atoms with Gasteiger partial charge in [-0.15, -0.1) is 18.3 Å². The lowest BCUT2D eigenvalue weighted by Gasteiger charge is -2.06. The number of hydrogen-bond acceptors (Lipinski definition) is 5. The lowest BCUT2D eigenvalue weighted by Crippen LogP contribution is -2.41. The summed E-state index contributed by atoms with van der Waals surface area (Å²) in [6.45, 7) is 3.10. The predicted octanol–water partition coefficient (Wildman–Crippen LogP) is 1.86. The third-order valence-electron chi connectivity index (χ3n) is 2.41. The van der Waals surface area contributed by atoms with E-state index in [1.807, 2.05) is 5.32 Å². The molecule has 0 spiro atoms. The van der Waals surface area contributed by atoms with E-state index in [2.05, 4.69) is 11.9 Å². The van der Waals surface area contributed by atoms with E-state index in [1.54, 1.807) is 12.1 Å². The topological polar surface area (TPSA) is 84.5 Å². The van der Waals surface area contributed by atoms with Gasteiger partial charge in [0.2, 0.25) is 0 Å². The van der Waals surface area contributed by atoms with Crippen molar-refractivity contribution in [3.05, 3.63) is 42.7 Å². The van der Waals surface area contributed by atoms with Crippen LogP contribution in [0.2, 0.25) is 0 Å². The van der Waals surface area contributed by atoms with Crippen LogP contribution in [0.15, 0.2) is 41.8 Å². The largest absolute Gasteiger partial charge is 0.456 e. The number of carbonyl (C=O) groups excluding carboxylic acids is 3. The first-order valence-corrected chi connectivity index (χ1v) is 7.72. The van der Waals surface area contributed by atoms with Crippen LogP contribution < -0.4 is 10.6 Å². The molecule has 0 saturated carbocycles. The Balaban J connectivity index is 2.16. The van der Waals surface area contributed by atoms with Crippen molar-refractivity contribution in [1.29, 1.82) is 0 Å². The predicted molar refractivity (Wildman–Crippen MR) is 84.4 cm³/mol. The number of benzene rings is 1. The highest BCUT2D eigenvalue weighted by atomic mass is 32.2. The van der Waals surface area contributed by atoms with Crippen LogP contribution in [0.4, 0.5) is 9.18 Å². The molecule has 0 fully saturated rings. The summed E-state index contributed by atoms with van der Waals surface area (Å²) in [5.74, 6) is -1.16. The molecule has 0 aliphatic carbocycles. The molecule has 1 aromatic rings. The lowest BCUT2D eigenvalue weighted by molar-refractivity contribution is -0.147. The maximum Gasteiger partial charge on any atom is 0.321 e. The summed E-state index contributed by atoms with van der Waals surface area (Å²) < 4.78 is 17.5. The Hall–Kier alpha value is -2.35. The average Bonchev–Trinajstić information content (AvgIpc) is 2.53. The van der Waals surface area contributed by atoms with Crippen LogP contribution in [0.1, 0.15) is 6.42 Å². The fraction of sp³-hybridized carbons (Fsp3) is 0.267. The minimum absolute atomic E-state index is 0.0952. The van der Waals surface area contributed by atoms with E-state index in [0.29, 0.717) is 5.75 Å². The van der Waals surface area contributed by atoms with Gasteiger partial charge in [0.05, 0.1) is 6.42 Å². The number of hydrogen-bond donors (Lipinski definition) is 2. The number of rotatable bonds is 8. The van der Waals surface area contributed by atoms with Crippen molar-refractivity contribution in [3.63, 3.8) is 0 Å². The van der Waals surface area contributed by atoms with Gasteiger partial charge in [0.1, 0.15) is 5.82 Å². The fourth-order valence-corrected chi connectivity index (χ4v) is 2.21. The van der Waals surface area contributed by atoms with Crippen LogP contribution in [0.25, 0.3) is 0 Å². The van der Waals surface area contributed by atoms with E-state index >= 15 is 0 Å². The van der Waals surface area contributed by atoms with Gasteiger partial charge in [0.25, 0.3) is 5.91 Å². The highest BCUT2D eigenvalue weighted by Crippen LogP contribution is 2.18. The van der Waals surface area contributed by atoms with Gasteiger partial charge in [-0.3, -0.25) is 14.9 Å². The summed E-state index contributed by atoms with van der Waals surface area (Å²) in [5, 5.41) is 4.35. The van der Waals surface area contributed by atoms with Crippen molar-refractivity contribution < 1.29 is 23.5 Å². The fourth-order valence-electron chi connectivity index (χ4n) is 1.37. The Morgan fingerprint density at radius 1 is 1.26 bits per heavy atom. The highest BCUT2D eigenvalue weighted by molar-refractivity contribution is 7.99. The molecule has 0 radical (unpaired) electrons. The van der Waals surface area contributed by atoms with Crippen LogP contribution in [0.3, 0.4) is 0 Å². The molecule has 23 heavy (non-hydrogen) atoms. The molecule has 0 saturated heterocycles. The molecule has 0 atom stereocenters. The Labute approximate surface area is 137 Å². The second kappa shape index (κ2) is 10.4. The van der Waals surface area contributed by atoms with E-state index in [0.717, 1.165) is 4.90 Å². The second-order valence-corrected chi connectivity index (χ2v) is 5.43. The molecule has 6 nitrogen and oxygen atoms in total. The zero-order valence-electron chi connectivity index (χ0n) is 12.3. The first kappa shape index (κ1) is 18.7. The van der Waals surface area contributed by atoms with Crippen LogP contribution in [0, 0.1) is 5.82 Å². The number of ether oxygens (including phenoxy) is 1. The molecule has 0 bridgehead atoms. The molecular formula is C15H17FN2O4S. The molecule has 2 N–H and O–H groups in total. The first-order valence-electron chi connectivity index (χ1n) is 6.74. The highest BCUT2D eigenvalue weighted by Gasteiger charge is 2.10. The molecule has 0 unspecified atom stereocenters. The van der Waals surface area contributed by atoms with Gasteiger partial charge in [-0.2, -0.15) is 0 Å². The first-order chi connectivity index (χ1) is 11.0. The van der Waals surface area contributed by atoms with Gasteiger partial charge in [0, 0.05) is 17.2 Å². The molecule has 0 heterocycles. The van der Waals surface area contributed by atoms with E-state index in [-0.39, 0.29) is 18.8 Å². The van der Waals surface area contributed by atoms with E-state index in [1.165, 1.54) is 30.0 Å². The number of urea groups is 1.